The van der Waals surface area contributed by atoms with Crippen molar-refractivity contribution in [1.29, 1.82) is 0 Å². The lowest BCUT2D eigenvalue weighted by Crippen LogP contribution is -2.46. The minimum absolute atomic E-state index is 0.00943. The number of benzene rings is 4. The minimum Gasteiger partial charge on any atom is -0.483 e. The lowest BCUT2D eigenvalue weighted by Gasteiger charge is -2.36. The molecule has 0 saturated carbocycles. The van der Waals surface area contributed by atoms with Gasteiger partial charge in [0.2, 0.25) is 0 Å². The van der Waals surface area contributed by atoms with Crippen LogP contribution in [0.4, 0.5) is 0 Å². The van der Waals surface area contributed by atoms with Gasteiger partial charge in [-0.05, 0) is 35.1 Å². The molecule has 0 spiro atoms. The summed E-state index contributed by atoms with van der Waals surface area (Å²) in [5.41, 5.74) is 2.55. The molecule has 0 bridgehead atoms. The van der Waals surface area contributed by atoms with E-state index in [0.717, 1.165) is 22.3 Å². The van der Waals surface area contributed by atoms with Crippen LogP contribution >= 0.6 is 0 Å². The maximum absolute atomic E-state index is 14.5. The number of likely N-dealkylation sites (tertiary alicyclic amines) is 1. The first-order valence-electron chi connectivity index (χ1n) is 16.0. The second kappa shape index (κ2) is 14.8. The van der Waals surface area contributed by atoms with Crippen molar-refractivity contribution in [1.82, 2.24) is 14.7 Å². The van der Waals surface area contributed by atoms with Crippen molar-refractivity contribution in [3.8, 4) is 5.75 Å². The van der Waals surface area contributed by atoms with E-state index in [9.17, 15) is 22.6 Å². The molecule has 2 heterocycles. The number of carbonyl (C=O) groups is 1. The Kier molecular flexibility index (Phi) is 10.1. The van der Waals surface area contributed by atoms with Gasteiger partial charge < -0.3 is 9.64 Å². The van der Waals surface area contributed by atoms with E-state index < -0.39 is 45.1 Å². The van der Waals surface area contributed by atoms with Crippen molar-refractivity contribution in [2.75, 3.05) is 12.3 Å². The molecule has 1 aliphatic heterocycles. The molecule has 9 nitrogen and oxygen atoms in total. The van der Waals surface area contributed by atoms with Gasteiger partial charge in [-0.3, -0.25) is 18.8 Å². The molecule has 1 aromatic heterocycles. The summed E-state index contributed by atoms with van der Waals surface area (Å²) in [6.07, 6.45) is 2.60. The SMILES string of the molecule is O=C(c1nn(Cc2ccccc2)cc(OCc2ccccc2)c1=O)N1CCC[C@@H]1[C@H](CS(=O)(=O)O)C(c1ccccc1)c1ccccc1. The van der Waals surface area contributed by atoms with Gasteiger partial charge in [-0.2, -0.15) is 13.5 Å². The number of carbonyl (C=O) groups excluding carboxylic acids is 1. The summed E-state index contributed by atoms with van der Waals surface area (Å²) < 4.78 is 42.9. The average molecular weight is 664 g/mol. The number of amides is 1. The van der Waals surface area contributed by atoms with Crippen molar-refractivity contribution in [3.05, 3.63) is 166 Å². The lowest BCUT2D eigenvalue weighted by molar-refractivity contribution is 0.0675. The first-order chi connectivity index (χ1) is 23.3. The van der Waals surface area contributed by atoms with E-state index in [4.69, 9.17) is 4.74 Å². The fourth-order valence-electron chi connectivity index (χ4n) is 6.65. The van der Waals surface area contributed by atoms with Crippen LogP contribution < -0.4 is 10.2 Å². The molecule has 10 heteroatoms. The Hall–Kier alpha value is -5.06. The normalized spacial score (nSPS) is 15.4. The predicted molar refractivity (Wildman–Crippen MR) is 184 cm³/mol. The van der Waals surface area contributed by atoms with Gasteiger partial charge in [0.1, 0.15) is 6.61 Å². The second-order valence-corrected chi connectivity index (χ2v) is 13.5. The zero-order valence-corrected chi connectivity index (χ0v) is 27.2. The summed E-state index contributed by atoms with van der Waals surface area (Å²) in [6, 6.07) is 37.4. The van der Waals surface area contributed by atoms with Gasteiger partial charge in [0.15, 0.2) is 11.4 Å². The molecule has 0 radical (unpaired) electrons. The molecule has 0 aliphatic carbocycles. The lowest BCUT2D eigenvalue weighted by atomic mass is 9.77. The van der Waals surface area contributed by atoms with Crippen molar-refractivity contribution >= 4 is 16.0 Å². The maximum Gasteiger partial charge on any atom is 0.278 e. The Morgan fingerprint density at radius 1 is 0.833 bits per heavy atom. The van der Waals surface area contributed by atoms with Crippen LogP contribution in [0.15, 0.2) is 132 Å². The molecular formula is C38H37N3O6S. The van der Waals surface area contributed by atoms with Gasteiger partial charge in [0.05, 0.1) is 18.5 Å². The van der Waals surface area contributed by atoms with Gasteiger partial charge in [-0.25, -0.2) is 0 Å². The highest BCUT2D eigenvalue weighted by Crippen LogP contribution is 2.40. The van der Waals surface area contributed by atoms with Crippen molar-refractivity contribution < 1.29 is 22.5 Å². The fourth-order valence-corrected chi connectivity index (χ4v) is 7.55. The molecule has 2 atom stereocenters. The molecule has 1 N–H and O–H groups in total. The number of rotatable bonds is 12. The number of hydrogen-bond acceptors (Lipinski definition) is 6. The molecule has 0 unspecified atom stereocenters. The number of aromatic nitrogens is 2. The molecule has 1 saturated heterocycles. The Bertz CT molecular complexity index is 1950. The molecule has 48 heavy (non-hydrogen) atoms. The summed E-state index contributed by atoms with van der Waals surface area (Å²) in [5.74, 6) is -2.36. The van der Waals surface area contributed by atoms with Crippen LogP contribution in [-0.4, -0.2) is 51.9 Å². The van der Waals surface area contributed by atoms with E-state index >= 15 is 0 Å². The third-order valence-corrected chi connectivity index (χ3v) is 9.57. The smallest absolute Gasteiger partial charge is 0.278 e. The number of nitrogens with zero attached hydrogens (tertiary/aromatic N) is 3. The summed E-state index contributed by atoms with van der Waals surface area (Å²) in [4.78, 5) is 29.9. The van der Waals surface area contributed by atoms with Gasteiger partial charge >= 0.3 is 0 Å². The standard InChI is InChI=1S/C38H37N3O6S/c42-37-34(47-26-29-16-7-2-8-17-29)25-40(24-28-14-5-1-6-15-28)39-36(37)38(43)41-23-13-22-33(41)32(27-48(44,45)46)35(30-18-9-3-10-19-30)31-20-11-4-12-21-31/h1-12,14-21,25,32-33,35H,13,22-24,26-27H2,(H,44,45,46)/t32-,33+/m0/s1. The van der Waals surface area contributed by atoms with Crippen LogP contribution in [0, 0.1) is 5.92 Å². The fraction of sp³-hybridized carbons (Fsp3) is 0.237. The molecule has 1 amide bonds. The zero-order chi connectivity index (χ0) is 33.5. The van der Waals surface area contributed by atoms with Crippen molar-refractivity contribution in [2.45, 2.75) is 38.0 Å². The van der Waals surface area contributed by atoms with E-state index in [1.165, 1.54) is 10.9 Å². The van der Waals surface area contributed by atoms with E-state index in [0.29, 0.717) is 25.9 Å². The van der Waals surface area contributed by atoms with Crippen LogP contribution in [0.2, 0.25) is 0 Å². The van der Waals surface area contributed by atoms with Gasteiger partial charge in [0, 0.05) is 24.4 Å². The average Bonchev–Trinajstić information content (AvgIpc) is 3.59. The predicted octanol–water partition coefficient (Wildman–Crippen LogP) is 5.81. The number of hydrogen-bond donors (Lipinski definition) is 1. The van der Waals surface area contributed by atoms with Crippen LogP contribution in [0.5, 0.6) is 5.75 Å². The summed E-state index contributed by atoms with van der Waals surface area (Å²) in [7, 11) is -4.46. The first-order valence-corrected chi connectivity index (χ1v) is 17.6. The van der Waals surface area contributed by atoms with E-state index in [1.807, 2.05) is 121 Å². The summed E-state index contributed by atoms with van der Waals surface area (Å²) in [6.45, 7) is 0.719. The highest BCUT2D eigenvalue weighted by molar-refractivity contribution is 7.85. The molecule has 1 aliphatic rings. The maximum atomic E-state index is 14.5. The summed E-state index contributed by atoms with van der Waals surface area (Å²) in [5, 5.41) is 4.52. The number of ether oxygens (including phenoxy) is 1. The van der Waals surface area contributed by atoms with Gasteiger partial charge in [0.25, 0.3) is 21.5 Å². The van der Waals surface area contributed by atoms with Gasteiger partial charge in [-0.1, -0.05) is 121 Å². The Morgan fingerprint density at radius 3 is 1.94 bits per heavy atom. The molecule has 4 aromatic carbocycles. The third-order valence-electron chi connectivity index (χ3n) is 8.76. The topological polar surface area (TPSA) is 119 Å². The van der Waals surface area contributed by atoms with Crippen LogP contribution in [-0.2, 0) is 23.3 Å². The quantitative estimate of drug-likeness (QED) is 0.167. The van der Waals surface area contributed by atoms with E-state index in [2.05, 4.69) is 5.10 Å². The molecule has 1 fully saturated rings. The molecule has 246 valence electrons. The largest absolute Gasteiger partial charge is 0.483 e. The zero-order valence-electron chi connectivity index (χ0n) is 26.3. The second-order valence-electron chi connectivity index (χ2n) is 12.0. The first kappa shape index (κ1) is 32.9. The molecule has 5 aromatic rings. The van der Waals surface area contributed by atoms with E-state index in [-0.39, 0.29) is 18.1 Å². The van der Waals surface area contributed by atoms with Gasteiger partial charge in [-0.15, -0.1) is 0 Å². The van der Waals surface area contributed by atoms with Crippen LogP contribution in [0.1, 0.15) is 51.5 Å². The Morgan fingerprint density at radius 2 is 1.38 bits per heavy atom. The highest BCUT2D eigenvalue weighted by atomic mass is 32.2. The Balaban J connectivity index is 1.40. The molecule has 6 rings (SSSR count). The van der Waals surface area contributed by atoms with Crippen LogP contribution in [0.25, 0.3) is 0 Å². The highest BCUT2D eigenvalue weighted by Gasteiger charge is 2.43. The van der Waals surface area contributed by atoms with Crippen molar-refractivity contribution in [2.24, 2.45) is 5.92 Å². The van der Waals surface area contributed by atoms with Crippen molar-refractivity contribution in [3.63, 3.8) is 0 Å². The Labute approximate surface area is 280 Å². The minimum atomic E-state index is -4.46. The monoisotopic (exact) mass is 663 g/mol. The third kappa shape index (κ3) is 7.90. The summed E-state index contributed by atoms with van der Waals surface area (Å²) >= 11 is 0. The van der Waals surface area contributed by atoms with Crippen LogP contribution in [0.3, 0.4) is 0 Å². The molecular weight excluding hydrogens is 626 g/mol. The van der Waals surface area contributed by atoms with E-state index in [1.54, 1.807) is 4.90 Å².